The Bertz CT molecular complexity index is 639. The predicted molar refractivity (Wildman–Crippen MR) is 81.9 cm³/mol. The molecule has 2 aliphatic carbocycles. The lowest BCUT2D eigenvalue weighted by atomic mass is 9.78. The fourth-order valence-corrected chi connectivity index (χ4v) is 4.13. The molecule has 122 valence electrons. The molecule has 3 rings (SSSR count). The predicted octanol–water partition coefficient (Wildman–Crippen LogP) is 2.00. The van der Waals surface area contributed by atoms with Gasteiger partial charge in [-0.05, 0) is 48.8 Å². The van der Waals surface area contributed by atoms with Crippen molar-refractivity contribution in [1.29, 1.82) is 0 Å². The summed E-state index contributed by atoms with van der Waals surface area (Å²) in [6.07, 6.45) is 2.58. The van der Waals surface area contributed by atoms with Gasteiger partial charge in [0.05, 0.1) is 18.3 Å². The number of carboxylic acids is 2. The normalized spacial score (nSPS) is 28.5. The Hall–Kier alpha value is -2.37. The lowest BCUT2D eigenvalue weighted by molar-refractivity contribution is -0.148. The number of hydrogen-bond donors (Lipinski definition) is 3. The zero-order valence-corrected chi connectivity index (χ0v) is 12.6. The van der Waals surface area contributed by atoms with Crippen molar-refractivity contribution in [3.8, 4) is 0 Å². The van der Waals surface area contributed by atoms with Crippen molar-refractivity contribution in [1.82, 2.24) is 0 Å². The monoisotopic (exact) mass is 317 g/mol. The largest absolute Gasteiger partial charge is 0.481 e. The average molecular weight is 317 g/mol. The van der Waals surface area contributed by atoms with E-state index < -0.39 is 23.8 Å². The number of amides is 1. The Morgan fingerprint density at radius 3 is 2.17 bits per heavy atom. The number of rotatable bonds is 5. The van der Waals surface area contributed by atoms with Crippen molar-refractivity contribution in [2.45, 2.75) is 25.7 Å². The number of carbonyl (C=O) groups excluding carboxylic acids is 1. The third-order valence-electron chi connectivity index (χ3n) is 5.08. The maximum Gasteiger partial charge on any atom is 0.307 e. The van der Waals surface area contributed by atoms with Gasteiger partial charge >= 0.3 is 11.9 Å². The Kier molecular flexibility index (Phi) is 4.07. The van der Waals surface area contributed by atoms with Crippen LogP contribution < -0.4 is 5.32 Å². The van der Waals surface area contributed by atoms with Gasteiger partial charge in [0, 0.05) is 5.69 Å². The highest BCUT2D eigenvalue weighted by atomic mass is 16.4. The highest BCUT2D eigenvalue weighted by molar-refractivity contribution is 5.96. The summed E-state index contributed by atoms with van der Waals surface area (Å²) < 4.78 is 0. The smallest absolute Gasteiger partial charge is 0.307 e. The van der Waals surface area contributed by atoms with Crippen molar-refractivity contribution in [3.63, 3.8) is 0 Å². The van der Waals surface area contributed by atoms with Gasteiger partial charge in [-0.15, -0.1) is 0 Å². The van der Waals surface area contributed by atoms with Gasteiger partial charge in [-0.1, -0.05) is 12.1 Å². The number of benzene rings is 1. The molecule has 6 nitrogen and oxygen atoms in total. The lowest BCUT2D eigenvalue weighted by Crippen LogP contribution is -2.37. The number of nitrogens with one attached hydrogen (secondary N) is 1. The molecule has 4 atom stereocenters. The molecular formula is C17H19NO5. The molecule has 2 unspecified atom stereocenters. The van der Waals surface area contributed by atoms with Crippen molar-refractivity contribution in [2.24, 2.45) is 23.7 Å². The summed E-state index contributed by atoms with van der Waals surface area (Å²) in [6, 6.07) is 6.61. The molecule has 1 amide bonds. The van der Waals surface area contributed by atoms with Crippen LogP contribution in [-0.4, -0.2) is 28.1 Å². The van der Waals surface area contributed by atoms with Crippen LogP contribution in [0.4, 0.5) is 5.69 Å². The van der Waals surface area contributed by atoms with E-state index in [4.69, 9.17) is 5.11 Å². The summed E-state index contributed by atoms with van der Waals surface area (Å²) >= 11 is 0. The highest BCUT2D eigenvalue weighted by Crippen LogP contribution is 2.52. The molecule has 0 radical (unpaired) electrons. The van der Waals surface area contributed by atoms with E-state index in [1.54, 1.807) is 24.3 Å². The third-order valence-corrected chi connectivity index (χ3v) is 5.08. The van der Waals surface area contributed by atoms with Gasteiger partial charge in [0.2, 0.25) is 5.91 Å². The molecular weight excluding hydrogens is 298 g/mol. The van der Waals surface area contributed by atoms with Crippen molar-refractivity contribution < 1.29 is 24.6 Å². The number of fused-ring (bicyclic) bond motifs is 2. The number of carbonyl (C=O) groups is 3. The molecule has 0 aliphatic heterocycles. The Morgan fingerprint density at radius 1 is 1.00 bits per heavy atom. The second-order valence-corrected chi connectivity index (χ2v) is 6.48. The minimum Gasteiger partial charge on any atom is -0.481 e. The van der Waals surface area contributed by atoms with Gasteiger partial charge < -0.3 is 15.5 Å². The van der Waals surface area contributed by atoms with Gasteiger partial charge in [-0.25, -0.2) is 0 Å². The summed E-state index contributed by atoms with van der Waals surface area (Å²) in [7, 11) is 0. The zero-order valence-electron chi connectivity index (χ0n) is 12.6. The van der Waals surface area contributed by atoms with E-state index in [9.17, 15) is 19.5 Å². The van der Waals surface area contributed by atoms with E-state index in [0.717, 1.165) is 19.3 Å². The van der Waals surface area contributed by atoms with E-state index in [2.05, 4.69) is 5.32 Å². The first-order valence-electron chi connectivity index (χ1n) is 7.80. The van der Waals surface area contributed by atoms with Crippen LogP contribution in [0.1, 0.15) is 24.8 Å². The van der Waals surface area contributed by atoms with E-state index in [-0.39, 0.29) is 24.2 Å². The minimum atomic E-state index is -0.909. The summed E-state index contributed by atoms with van der Waals surface area (Å²) in [5.74, 6) is -2.80. The molecule has 2 bridgehead atoms. The van der Waals surface area contributed by atoms with Crippen molar-refractivity contribution in [2.75, 3.05) is 5.32 Å². The van der Waals surface area contributed by atoms with Crippen LogP contribution in [0.15, 0.2) is 24.3 Å². The summed E-state index contributed by atoms with van der Waals surface area (Å²) in [4.78, 5) is 34.6. The molecule has 3 N–H and O–H groups in total. The summed E-state index contributed by atoms with van der Waals surface area (Å²) in [5.41, 5.74) is 1.22. The molecule has 6 heteroatoms. The van der Waals surface area contributed by atoms with E-state index in [1.165, 1.54) is 0 Å². The van der Waals surface area contributed by atoms with Crippen LogP contribution in [0.25, 0.3) is 0 Å². The molecule has 0 heterocycles. The van der Waals surface area contributed by atoms with Gasteiger partial charge in [0.15, 0.2) is 0 Å². The topological polar surface area (TPSA) is 104 Å². The van der Waals surface area contributed by atoms with E-state index >= 15 is 0 Å². The fraction of sp³-hybridized carbons (Fsp3) is 0.471. The van der Waals surface area contributed by atoms with E-state index in [0.29, 0.717) is 11.3 Å². The molecule has 0 saturated heterocycles. The molecule has 2 fully saturated rings. The van der Waals surface area contributed by atoms with Gasteiger partial charge in [-0.2, -0.15) is 0 Å². The molecule has 0 aromatic heterocycles. The minimum absolute atomic E-state index is 0.0678. The van der Waals surface area contributed by atoms with Crippen LogP contribution in [0.2, 0.25) is 0 Å². The van der Waals surface area contributed by atoms with Gasteiger partial charge in [0.25, 0.3) is 0 Å². The number of carboxylic acid groups (broad SMARTS) is 2. The highest BCUT2D eigenvalue weighted by Gasteiger charge is 2.53. The lowest BCUT2D eigenvalue weighted by Gasteiger charge is -2.27. The molecule has 2 saturated carbocycles. The fourth-order valence-electron chi connectivity index (χ4n) is 4.13. The zero-order chi connectivity index (χ0) is 16.6. The quantitative estimate of drug-likeness (QED) is 0.770. The van der Waals surface area contributed by atoms with Crippen LogP contribution in [0, 0.1) is 23.7 Å². The first-order chi connectivity index (χ1) is 11.0. The second-order valence-electron chi connectivity index (χ2n) is 6.48. The third kappa shape index (κ3) is 3.06. The SMILES string of the molecule is O=C(O)Cc1ccc(NC(=O)[C@@H]2C3CCC(C3)[C@H]2C(=O)O)cc1. The summed E-state index contributed by atoms with van der Waals surface area (Å²) in [5, 5.41) is 20.9. The Labute approximate surface area is 133 Å². The van der Waals surface area contributed by atoms with Gasteiger partial charge in [0.1, 0.15) is 0 Å². The molecule has 1 aromatic rings. The second kappa shape index (κ2) is 6.02. The Balaban J connectivity index is 1.69. The number of anilines is 1. The van der Waals surface area contributed by atoms with Crippen LogP contribution in [0.3, 0.4) is 0 Å². The van der Waals surface area contributed by atoms with Crippen molar-refractivity contribution in [3.05, 3.63) is 29.8 Å². The maximum absolute atomic E-state index is 12.5. The van der Waals surface area contributed by atoms with Crippen molar-refractivity contribution >= 4 is 23.5 Å². The molecule has 1 aromatic carbocycles. The Morgan fingerprint density at radius 2 is 1.61 bits per heavy atom. The molecule has 23 heavy (non-hydrogen) atoms. The van der Waals surface area contributed by atoms with Crippen LogP contribution >= 0.6 is 0 Å². The molecule has 0 spiro atoms. The standard InChI is InChI=1S/C17H19NO5/c19-13(20)7-9-1-5-12(6-2-9)18-16(21)14-10-3-4-11(8-10)15(14)17(22)23/h1-2,5-6,10-11,14-15H,3-4,7-8H2,(H,18,21)(H,19,20)(H,22,23)/t10?,11?,14-,15-/m1/s1. The summed E-state index contributed by atoms with van der Waals surface area (Å²) in [6.45, 7) is 0. The number of aliphatic carboxylic acids is 2. The first-order valence-corrected chi connectivity index (χ1v) is 7.80. The van der Waals surface area contributed by atoms with Gasteiger partial charge in [-0.3, -0.25) is 14.4 Å². The van der Waals surface area contributed by atoms with Crippen LogP contribution in [-0.2, 0) is 20.8 Å². The first kappa shape index (κ1) is 15.5. The molecule has 2 aliphatic rings. The average Bonchev–Trinajstić information content (AvgIpc) is 3.09. The van der Waals surface area contributed by atoms with E-state index in [1.807, 2.05) is 0 Å². The van der Waals surface area contributed by atoms with Crippen LogP contribution in [0.5, 0.6) is 0 Å². The number of hydrogen-bond acceptors (Lipinski definition) is 3. The maximum atomic E-state index is 12.5.